The number of carbonyl (C=O) groups is 2. The molecule has 1 spiro atoms. The van der Waals surface area contributed by atoms with E-state index < -0.39 is 0 Å². The fourth-order valence-electron chi connectivity index (χ4n) is 4.31. The molecule has 2 aliphatic heterocycles. The molecule has 0 unspecified atom stereocenters. The number of hydrogen-bond acceptors (Lipinski definition) is 3. The predicted molar refractivity (Wildman–Crippen MR) is 90.1 cm³/mol. The van der Waals surface area contributed by atoms with Crippen molar-refractivity contribution in [3.8, 4) is 0 Å². The van der Waals surface area contributed by atoms with Crippen LogP contribution in [-0.2, 0) is 9.59 Å². The summed E-state index contributed by atoms with van der Waals surface area (Å²) in [7, 11) is 0. The molecule has 1 aromatic rings. The van der Waals surface area contributed by atoms with Gasteiger partial charge < -0.3 is 10.2 Å². The Labute approximate surface area is 142 Å². The second kappa shape index (κ2) is 6.04. The molecule has 3 heterocycles. The Balaban J connectivity index is 1.40. The first-order valence-corrected chi connectivity index (χ1v) is 8.83. The molecule has 1 N–H and O–H groups in total. The first kappa shape index (κ1) is 15.4. The van der Waals surface area contributed by atoms with E-state index in [2.05, 4.69) is 22.5 Å². The third-order valence-electron chi connectivity index (χ3n) is 5.80. The van der Waals surface area contributed by atoms with Crippen LogP contribution < -0.4 is 5.32 Å². The van der Waals surface area contributed by atoms with Gasteiger partial charge in [-0.2, -0.15) is 0 Å². The molecule has 0 radical (unpaired) electrons. The average molecular weight is 325 g/mol. The maximum absolute atomic E-state index is 12.5. The number of pyridine rings is 1. The topological polar surface area (TPSA) is 62.3 Å². The summed E-state index contributed by atoms with van der Waals surface area (Å²) >= 11 is 0. The average Bonchev–Trinajstić information content (AvgIpc) is 3.25. The standard InChI is InChI=1S/C19H23N3O2/c23-17-16(14-5-9-20-10-6-14)13-19(21-17)7-11-22(12-8-19)18(24)15-3-1-2-4-15/h1-2,5-6,9-10,15-16H,3-4,7-8,11-13H2,(H,21,23)/t16-/m0/s1. The van der Waals surface area contributed by atoms with E-state index in [9.17, 15) is 9.59 Å². The Hall–Kier alpha value is -2.17. The molecule has 3 aliphatic rings. The number of amides is 2. The van der Waals surface area contributed by atoms with E-state index in [-0.39, 0.29) is 29.2 Å². The van der Waals surface area contributed by atoms with Crippen molar-refractivity contribution in [2.75, 3.05) is 13.1 Å². The summed E-state index contributed by atoms with van der Waals surface area (Å²) in [6.07, 6.45) is 12.0. The summed E-state index contributed by atoms with van der Waals surface area (Å²) in [4.78, 5) is 31.0. The molecule has 24 heavy (non-hydrogen) atoms. The lowest BCUT2D eigenvalue weighted by Gasteiger charge is -2.40. The zero-order chi connectivity index (χ0) is 16.6. The second-order valence-electron chi connectivity index (χ2n) is 7.27. The zero-order valence-electron chi connectivity index (χ0n) is 13.8. The Bertz CT molecular complexity index is 654. The molecule has 2 fully saturated rings. The van der Waals surface area contributed by atoms with Gasteiger partial charge in [0.25, 0.3) is 0 Å². The SMILES string of the molecule is O=C1NC2(CCN(C(=O)C3CC=CC3)CC2)C[C@H]1c1ccncc1. The highest BCUT2D eigenvalue weighted by molar-refractivity contribution is 5.87. The van der Waals surface area contributed by atoms with Gasteiger partial charge in [0.2, 0.25) is 11.8 Å². The van der Waals surface area contributed by atoms with Crippen molar-refractivity contribution in [1.29, 1.82) is 0 Å². The number of rotatable bonds is 2. The van der Waals surface area contributed by atoms with Crippen molar-refractivity contribution in [2.45, 2.75) is 43.6 Å². The van der Waals surface area contributed by atoms with Gasteiger partial charge in [-0.15, -0.1) is 0 Å². The molecule has 0 aromatic carbocycles. The van der Waals surface area contributed by atoms with Gasteiger partial charge in [0, 0.05) is 36.9 Å². The Morgan fingerprint density at radius 1 is 1.17 bits per heavy atom. The number of carbonyl (C=O) groups excluding carboxylic acids is 2. The minimum Gasteiger partial charge on any atom is -0.350 e. The maximum atomic E-state index is 12.5. The van der Waals surface area contributed by atoms with Crippen LogP contribution in [0.1, 0.15) is 43.6 Å². The smallest absolute Gasteiger partial charge is 0.228 e. The molecule has 1 aromatic heterocycles. The van der Waals surface area contributed by atoms with Crippen LogP contribution in [0, 0.1) is 5.92 Å². The maximum Gasteiger partial charge on any atom is 0.228 e. The highest BCUT2D eigenvalue weighted by Gasteiger charge is 2.47. The van der Waals surface area contributed by atoms with Crippen molar-refractivity contribution < 1.29 is 9.59 Å². The molecule has 5 nitrogen and oxygen atoms in total. The molecule has 0 bridgehead atoms. The van der Waals surface area contributed by atoms with Gasteiger partial charge in [0.05, 0.1) is 5.92 Å². The molecule has 4 rings (SSSR count). The van der Waals surface area contributed by atoms with Gasteiger partial charge in [-0.05, 0) is 49.8 Å². The lowest BCUT2D eigenvalue weighted by Crippen LogP contribution is -2.53. The third-order valence-corrected chi connectivity index (χ3v) is 5.80. The summed E-state index contributed by atoms with van der Waals surface area (Å²) in [5.41, 5.74) is 0.894. The summed E-state index contributed by atoms with van der Waals surface area (Å²) in [6, 6.07) is 3.85. The van der Waals surface area contributed by atoms with E-state index in [0.29, 0.717) is 0 Å². The number of likely N-dealkylation sites (tertiary alicyclic amines) is 1. The van der Waals surface area contributed by atoms with Crippen LogP contribution in [0.25, 0.3) is 0 Å². The van der Waals surface area contributed by atoms with Gasteiger partial charge in [-0.3, -0.25) is 14.6 Å². The van der Waals surface area contributed by atoms with Crippen LogP contribution in [0.4, 0.5) is 0 Å². The molecule has 5 heteroatoms. The number of nitrogens with one attached hydrogen (secondary N) is 1. The molecule has 1 atom stereocenters. The number of allylic oxidation sites excluding steroid dienone is 2. The van der Waals surface area contributed by atoms with Gasteiger partial charge in [0.15, 0.2) is 0 Å². The Kier molecular flexibility index (Phi) is 3.87. The van der Waals surface area contributed by atoms with E-state index in [0.717, 1.165) is 50.8 Å². The molecular formula is C19H23N3O2. The number of hydrogen-bond donors (Lipinski definition) is 1. The monoisotopic (exact) mass is 325 g/mol. The Morgan fingerprint density at radius 2 is 1.83 bits per heavy atom. The van der Waals surface area contributed by atoms with E-state index >= 15 is 0 Å². The van der Waals surface area contributed by atoms with Crippen molar-refractivity contribution in [3.63, 3.8) is 0 Å². The first-order chi connectivity index (χ1) is 11.7. The third kappa shape index (κ3) is 2.72. The molecule has 126 valence electrons. The van der Waals surface area contributed by atoms with Crippen LogP contribution in [0.15, 0.2) is 36.7 Å². The number of piperidine rings is 1. The predicted octanol–water partition coefficient (Wildman–Crippen LogP) is 2.01. The van der Waals surface area contributed by atoms with Gasteiger partial charge in [-0.1, -0.05) is 12.2 Å². The summed E-state index contributed by atoms with van der Waals surface area (Å²) < 4.78 is 0. The van der Waals surface area contributed by atoms with Crippen molar-refractivity contribution in [1.82, 2.24) is 15.2 Å². The van der Waals surface area contributed by atoms with E-state index in [4.69, 9.17) is 0 Å². The van der Waals surface area contributed by atoms with Gasteiger partial charge >= 0.3 is 0 Å². The van der Waals surface area contributed by atoms with Crippen molar-refractivity contribution in [2.24, 2.45) is 5.92 Å². The highest BCUT2D eigenvalue weighted by atomic mass is 16.2. The lowest BCUT2D eigenvalue weighted by molar-refractivity contribution is -0.136. The van der Waals surface area contributed by atoms with Crippen molar-refractivity contribution in [3.05, 3.63) is 42.2 Å². The van der Waals surface area contributed by atoms with Gasteiger partial charge in [0.1, 0.15) is 0 Å². The molecule has 2 amide bonds. The summed E-state index contributed by atoms with van der Waals surface area (Å²) in [5.74, 6) is 0.446. The van der Waals surface area contributed by atoms with Crippen LogP contribution in [0.2, 0.25) is 0 Å². The van der Waals surface area contributed by atoms with E-state index in [1.54, 1.807) is 12.4 Å². The molecular weight excluding hydrogens is 302 g/mol. The lowest BCUT2D eigenvalue weighted by atomic mass is 9.82. The van der Waals surface area contributed by atoms with Gasteiger partial charge in [-0.25, -0.2) is 0 Å². The van der Waals surface area contributed by atoms with Crippen LogP contribution in [0.5, 0.6) is 0 Å². The van der Waals surface area contributed by atoms with Crippen LogP contribution in [0.3, 0.4) is 0 Å². The fraction of sp³-hybridized carbons (Fsp3) is 0.526. The minimum atomic E-state index is -0.143. The van der Waals surface area contributed by atoms with Crippen molar-refractivity contribution >= 4 is 11.8 Å². The quantitative estimate of drug-likeness (QED) is 0.846. The fourth-order valence-corrected chi connectivity index (χ4v) is 4.31. The number of nitrogens with zero attached hydrogens (tertiary/aromatic N) is 2. The Morgan fingerprint density at radius 3 is 2.50 bits per heavy atom. The van der Waals surface area contributed by atoms with Crippen LogP contribution >= 0.6 is 0 Å². The van der Waals surface area contributed by atoms with E-state index in [1.807, 2.05) is 17.0 Å². The second-order valence-corrected chi connectivity index (χ2v) is 7.27. The highest BCUT2D eigenvalue weighted by Crippen LogP contribution is 2.39. The molecule has 0 saturated carbocycles. The minimum absolute atomic E-state index is 0.0886. The van der Waals surface area contributed by atoms with Crippen LogP contribution in [-0.4, -0.2) is 40.3 Å². The zero-order valence-corrected chi connectivity index (χ0v) is 13.8. The molecule has 2 saturated heterocycles. The normalized spacial score (nSPS) is 26.1. The first-order valence-electron chi connectivity index (χ1n) is 8.83. The summed E-state index contributed by atoms with van der Waals surface area (Å²) in [6.45, 7) is 1.50. The largest absolute Gasteiger partial charge is 0.350 e. The van der Waals surface area contributed by atoms with E-state index in [1.165, 1.54) is 0 Å². The number of aromatic nitrogens is 1. The summed E-state index contributed by atoms with van der Waals surface area (Å²) in [5, 5.41) is 3.24. The molecule has 1 aliphatic carbocycles.